The summed E-state index contributed by atoms with van der Waals surface area (Å²) >= 11 is 0. The molecule has 0 saturated heterocycles. The molecule has 0 N–H and O–H groups in total. The molecule has 0 aromatic rings. The summed E-state index contributed by atoms with van der Waals surface area (Å²) in [5, 5.41) is 3.48. The van der Waals surface area contributed by atoms with Crippen LogP contribution in [-0.2, 0) is 4.74 Å². The predicted octanol–water partition coefficient (Wildman–Crippen LogP) is 3.10. The third-order valence-corrected chi connectivity index (χ3v) is 2.05. The highest BCUT2D eigenvalue weighted by Crippen LogP contribution is 2.05. The highest BCUT2D eigenvalue weighted by atomic mass is 16.6. The number of nitrogens with zero attached hydrogens (tertiary/aromatic N) is 2. The summed E-state index contributed by atoms with van der Waals surface area (Å²) in [7, 11) is 0. The van der Waals surface area contributed by atoms with E-state index in [1.54, 1.807) is 6.92 Å². The van der Waals surface area contributed by atoms with Gasteiger partial charge in [0.05, 0.1) is 18.4 Å². The average Bonchev–Trinajstić information content (AvgIpc) is 2.23. The minimum Gasteiger partial charge on any atom is -0.448 e. The fourth-order valence-corrected chi connectivity index (χ4v) is 1.23. The summed E-state index contributed by atoms with van der Waals surface area (Å²) in [4.78, 5) is 21.4. The molecular weight excluding hydrogens is 196 g/mol. The van der Waals surface area contributed by atoms with Crippen molar-refractivity contribution in [2.45, 2.75) is 46.0 Å². The number of rotatable bonds is 8. The largest absolute Gasteiger partial charge is 0.448 e. The second-order valence-corrected chi connectivity index (χ2v) is 3.32. The summed E-state index contributed by atoms with van der Waals surface area (Å²) in [6, 6.07) is 0. The molecule has 0 fully saturated rings. The van der Waals surface area contributed by atoms with E-state index in [9.17, 15) is 9.70 Å². The molecule has 0 bridgehead atoms. The van der Waals surface area contributed by atoms with E-state index in [1.165, 1.54) is 12.8 Å². The highest BCUT2D eigenvalue weighted by Gasteiger charge is 2.13. The van der Waals surface area contributed by atoms with Gasteiger partial charge in [0, 0.05) is 0 Å². The molecule has 0 aromatic heterocycles. The van der Waals surface area contributed by atoms with E-state index in [0.717, 1.165) is 24.3 Å². The molecule has 0 saturated carbocycles. The zero-order valence-electron chi connectivity index (χ0n) is 9.57. The lowest BCUT2D eigenvalue weighted by Gasteiger charge is -2.12. The molecule has 0 heterocycles. The quantitative estimate of drug-likeness (QED) is 0.356. The molecule has 5 nitrogen and oxygen atoms in total. The van der Waals surface area contributed by atoms with Crippen LogP contribution in [0.3, 0.4) is 0 Å². The van der Waals surface area contributed by atoms with E-state index >= 15 is 0 Å². The number of ether oxygens (including phenoxy) is 1. The Labute approximate surface area is 90.7 Å². The first-order valence-corrected chi connectivity index (χ1v) is 5.53. The van der Waals surface area contributed by atoms with Gasteiger partial charge in [-0.05, 0) is 13.3 Å². The SMILES string of the molecule is CCCCCCCN(N=O)C(=O)OCC. The first-order valence-electron chi connectivity index (χ1n) is 5.53. The van der Waals surface area contributed by atoms with Gasteiger partial charge in [0.2, 0.25) is 0 Å². The fraction of sp³-hybridized carbons (Fsp3) is 0.900. The van der Waals surface area contributed by atoms with Crippen LogP contribution in [0.1, 0.15) is 46.0 Å². The zero-order valence-corrected chi connectivity index (χ0v) is 9.57. The summed E-state index contributed by atoms with van der Waals surface area (Å²) in [6.45, 7) is 4.45. The van der Waals surface area contributed by atoms with Crippen LogP contribution in [0, 0.1) is 4.91 Å². The van der Waals surface area contributed by atoms with Gasteiger partial charge in [-0.3, -0.25) is 0 Å². The van der Waals surface area contributed by atoms with Crippen LogP contribution in [-0.4, -0.2) is 24.3 Å². The number of hydrogen-bond donors (Lipinski definition) is 0. The van der Waals surface area contributed by atoms with Gasteiger partial charge in [0.15, 0.2) is 0 Å². The Morgan fingerprint density at radius 1 is 1.20 bits per heavy atom. The molecule has 1 amide bonds. The molecule has 88 valence electrons. The Kier molecular flexibility index (Phi) is 8.72. The minimum atomic E-state index is -0.650. The van der Waals surface area contributed by atoms with Crippen LogP contribution < -0.4 is 0 Å². The molecule has 0 radical (unpaired) electrons. The van der Waals surface area contributed by atoms with Crippen LogP contribution in [0.4, 0.5) is 4.79 Å². The summed E-state index contributed by atoms with van der Waals surface area (Å²) < 4.78 is 4.67. The van der Waals surface area contributed by atoms with E-state index in [4.69, 9.17) is 0 Å². The van der Waals surface area contributed by atoms with Crippen molar-refractivity contribution in [2.24, 2.45) is 5.29 Å². The number of hydrogen-bond acceptors (Lipinski definition) is 4. The Morgan fingerprint density at radius 2 is 1.87 bits per heavy atom. The van der Waals surface area contributed by atoms with Crippen LogP contribution in [0.5, 0.6) is 0 Å². The lowest BCUT2D eigenvalue weighted by molar-refractivity contribution is 0.107. The maximum atomic E-state index is 11.1. The number of unbranched alkanes of at least 4 members (excludes halogenated alkanes) is 4. The molecule has 0 unspecified atom stereocenters. The summed E-state index contributed by atoms with van der Waals surface area (Å²) in [6.07, 6.45) is 4.65. The van der Waals surface area contributed by atoms with Gasteiger partial charge in [-0.15, -0.1) is 4.91 Å². The molecule has 15 heavy (non-hydrogen) atoms. The number of nitroso groups, excluding NO2 is 1. The van der Waals surface area contributed by atoms with Gasteiger partial charge in [-0.25, -0.2) is 4.79 Å². The second-order valence-electron chi connectivity index (χ2n) is 3.32. The monoisotopic (exact) mass is 216 g/mol. The number of carbonyl (C=O) groups is 1. The van der Waals surface area contributed by atoms with Crippen LogP contribution in [0.15, 0.2) is 5.29 Å². The third-order valence-electron chi connectivity index (χ3n) is 2.05. The number of amides is 1. The lowest BCUT2D eigenvalue weighted by atomic mass is 10.1. The van der Waals surface area contributed by atoms with Gasteiger partial charge < -0.3 is 4.74 Å². The van der Waals surface area contributed by atoms with Crippen molar-refractivity contribution in [3.63, 3.8) is 0 Å². The Hall–Kier alpha value is -1.13. The van der Waals surface area contributed by atoms with Crippen LogP contribution >= 0.6 is 0 Å². The van der Waals surface area contributed by atoms with Crippen molar-refractivity contribution >= 4 is 6.09 Å². The van der Waals surface area contributed by atoms with E-state index in [-0.39, 0.29) is 6.61 Å². The van der Waals surface area contributed by atoms with E-state index in [1.807, 2.05) is 0 Å². The Bertz CT molecular complexity index is 186. The molecule has 0 aliphatic heterocycles. The van der Waals surface area contributed by atoms with Gasteiger partial charge >= 0.3 is 6.09 Å². The summed E-state index contributed by atoms with van der Waals surface area (Å²) in [5.41, 5.74) is 0. The lowest BCUT2D eigenvalue weighted by Crippen LogP contribution is -2.27. The molecule has 0 aromatic carbocycles. The van der Waals surface area contributed by atoms with Crippen molar-refractivity contribution in [1.29, 1.82) is 0 Å². The van der Waals surface area contributed by atoms with Crippen molar-refractivity contribution in [3.8, 4) is 0 Å². The van der Waals surface area contributed by atoms with Crippen LogP contribution in [0.2, 0.25) is 0 Å². The summed E-state index contributed by atoms with van der Waals surface area (Å²) in [5.74, 6) is 0. The van der Waals surface area contributed by atoms with Gasteiger partial charge in [0.25, 0.3) is 0 Å². The molecule has 5 heteroatoms. The van der Waals surface area contributed by atoms with E-state index < -0.39 is 6.09 Å². The molecule has 0 aliphatic rings. The van der Waals surface area contributed by atoms with Crippen LogP contribution in [0.25, 0.3) is 0 Å². The Balaban J connectivity index is 3.61. The molecule has 0 rings (SSSR count). The van der Waals surface area contributed by atoms with Gasteiger partial charge in [-0.2, -0.15) is 5.01 Å². The maximum absolute atomic E-state index is 11.1. The number of carbonyl (C=O) groups excluding carboxylic acids is 1. The molecule has 0 atom stereocenters. The highest BCUT2D eigenvalue weighted by molar-refractivity contribution is 5.66. The van der Waals surface area contributed by atoms with Crippen molar-refractivity contribution in [1.82, 2.24) is 5.01 Å². The smallest absolute Gasteiger partial charge is 0.432 e. The first kappa shape index (κ1) is 13.9. The van der Waals surface area contributed by atoms with Gasteiger partial charge in [-0.1, -0.05) is 32.6 Å². The van der Waals surface area contributed by atoms with Gasteiger partial charge in [0.1, 0.15) is 0 Å². The fourth-order valence-electron chi connectivity index (χ4n) is 1.23. The maximum Gasteiger partial charge on any atom is 0.432 e. The van der Waals surface area contributed by atoms with E-state index in [0.29, 0.717) is 6.54 Å². The van der Waals surface area contributed by atoms with Crippen molar-refractivity contribution in [2.75, 3.05) is 13.2 Å². The molecule has 0 spiro atoms. The zero-order chi connectivity index (χ0) is 11.5. The van der Waals surface area contributed by atoms with E-state index in [2.05, 4.69) is 16.9 Å². The van der Waals surface area contributed by atoms with Crippen molar-refractivity contribution < 1.29 is 9.53 Å². The topological polar surface area (TPSA) is 59.0 Å². The average molecular weight is 216 g/mol. The molecule has 0 aliphatic carbocycles. The second kappa shape index (κ2) is 9.43. The normalized spacial score (nSPS) is 9.73. The Morgan fingerprint density at radius 3 is 2.40 bits per heavy atom. The standard InChI is InChI=1S/C10H20N2O3/c1-3-5-6-7-8-9-12(11-14)10(13)15-4-2/h3-9H2,1-2H3. The minimum absolute atomic E-state index is 0.265. The van der Waals surface area contributed by atoms with Crippen molar-refractivity contribution in [3.05, 3.63) is 4.91 Å². The third kappa shape index (κ3) is 6.88. The predicted molar refractivity (Wildman–Crippen MR) is 58.3 cm³/mol. The first-order chi connectivity index (χ1) is 7.26. The molecular formula is C10H20N2O3.